The lowest BCUT2D eigenvalue weighted by atomic mass is 9.91. The first-order valence-corrected chi connectivity index (χ1v) is 10.3. The second-order valence-corrected chi connectivity index (χ2v) is 7.83. The van der Waals surface area contributed by atoms with E-state index in [2.05, 4.69) is 10.3 Å². The van der Waals surface area contributed by atoms with E-state index in [1.807, 2.05) is 25.1 Å². The van der Waals surface area contributed by atoms with Crippen molar-refractivity contribution in [2.24, 2.45) is 0 Å². The highest BCUT2D eigenvalue weighted by molar-refractivity contribution is 6.14. The van der Waals surface area contributed by atoms with Crippen LogP contribution in [0.15, 0.2) is 42.6 Å². The SMILES string of the molecule is CCc1cccc2c(C(=O)CN3C(=O)N[C@@](C)(c4ccc(OC)c(OC)c4)C3=O)c[nH]c12. The number of rotatable bonds is 7. The van der Waals surface area contributed by atoms with Crippen molar-refractivity contribution < 1.29 is 23.9 Å². The van der Waals surface area contributed by atoms with Crippen LogP contribution in [0.5, 0.6) is 11.5 Å². The van der Waals surface area contributed by atoms with Crippen LogP contribution >= 0.6 is 0 Å². The predicted molar refractivity (Wildman–Crippen MR) is 119 cm³/mol. The highest BCUT2D eigenvalue weighted by Gasteiger charge is 2.49. The molecule has 2 aromatic carbocycles. The zero-order valence-corrected chi connectivity index (χ0v) is 18.4. The summed E-state index contributed by atoms with van der Waals surface area (Å²) in [5, 5.41) is 3.50. The van der Waals surface area contributed by atoms with Crippen LogP contribution in [-0.2, 0) is 16.8 Å². The third-order valence-corrected chi connectivity index (χ3v) is 6.02. The van der Waals surface area contributed by atoms with Crippen molar-refractivity contribution >= 4 is 28.6 Å². The van der Waals surface area contributed by atoms with E-state index in [-0.39, 0.29) is 12.3 Å². The van der Waals surface area contributed by atoms with Gasteiger partial charge in [-0.05, 0) is 36.6 Å². The zero-order valence-electron chi connectivity index (χ0n) is 18.4. The summed E-state index contributed by atoms with van der Waals surface area (Å²) in [7, 11) is 3.01. The zero-order chi connectivity index (χ0) is 23.0. The minimum atomic E-state index is -1.33. The molecule has 3 aromatic rings. The second-order valence-electron chi connectivity index (χ2n) is 7.83. The number of para-hydroxylation sites is 1. The number of ether oxygens (including phenoxy) is 2. The van der Waals surface area contributed by atoms with Crippen LogP contribution in [0, 0.1) is 0 Å². The average Bonchev–Trinajstić information content (AvgIpc) is 3.33. The molecule has 0 radical (unpaired) electrons. The van der Waals surface area contributed by atoms with E-state index in [0.717, 1.165) is 27.8 Å². The summed E-state index contributed by atoms with van der Waals surface area (Å²) in [4.78, 5) is 43.1. The number of carbonyl (C=O) groups is 3. The lowest BCUT2D eigenvalue weighted by molar-refractivity contribution is -0.130. The van der Waals surface area contributed by atoms with Gasteiger partial charge in [0.05, 0.1) is 20.8 Å². The van der Waals surface area contributed by atoms with Crippen molar-refractivity contribution in [1.82, 2.24) is 15.2 Å². The summed E-state index contributed by atoms with van der Waals surface area (Å²) in [5.41, 5.74) is 1.65. The number of imide groups is 1. The number of H-pyrrole nitrogens is 1. The molecule has 8 heteroatoms. The Labute approximate surface area is 185 Å². The second kappa shape index (κ2) is 8.03. The smallest absolute Gasteiger partial charge is 0.325 e. The molecule has 1 aliphatic heterocycles. The fourth-order valence-corrected chi connectivity index (χ4v) is 4.15. The van der Waals surface area contributed by atoms with Crippen molar-refractivity contribution in [3.05, 3.63) is 59.3 Å². The van der Waals surface area contributed by atoms with Gasteiger partial charge in [-0.25, -0.2) is 4.79 Å². The Hall–Kier alpha value is -3.81. The quantitative estimate of drug-likeness (QED) is 0.438. The highest BCUT2D eigenvalue weighted by atomic mass is 16.5. The highest BCUT2D eigenvalue weighted by Crippen LogP contribution is 2.35. The Kier molecular flexibility index (Phi) is 5.38. The standard InChI is InChI=1S/C24H25N3O5/c1-5-14-7-6-8-16-17(12-25-21(14)16)18(28)13-27-22(29)24(2,26-23(27)30)15-9-10-19(31-3)20(11-15)32-4/h6-12,25H,5,13H2,1-4H3,(H,26,30)/t24-/m0/s1. The van der Waals surface area contributed by atoms with Crippen molar-refractivity contribution in [1.29, 1.82) is 0 Å². The van der Waals surface area contributed by atoms with Gasteiger partial charge in [-0.1, -0.05) is 31.2 Å². The van der Waals surface area contributed by atoms with Crippen LogP contribution in [0.4, 0.5) is 4.79 Å². The number of hydrogen-bond donors (Lipinski definition) is 2. The first kappa shape index (κ1) is 21.4. The van der Waals surface area contributed by atoms with E-state index < -0.39 is 17.5 Å². The molecule has 0 aliphatic carbocycles. The summed E-state index contributed by atoms with van der Waals surface area (Å²) in [6.07, 6.45) is 2.46. The first-order valence-electron chi connectivity index (χ1n) is 10.3. The largest absolute Gasteiger partial charge is 0.493 e. The van der Waals surface area contributed by atoms with Crippen molar-refractivity contribution in [2.75, 3.05) is 20.8 Å². The molecule has 0 unspecified atom stereocenters. The molecule has 1 aliphatic rings. The van der Waals surface area contributed by atoms with Crippen LogP contribution in [0.25, 0.3) is 10.9 Å². The van der Waals surface area contributed by atoms with Crippen molar-refractivity contribution in [3.63, 3.8) is 0 Å². The van der Waals surface area contributed by atoms with Gasteiger partial charge in [-0.15, -0.1) is 0 Å². The van der Waals surface area contributed by atoms with E-state index in [9.17, 15) is 14.4 Å². The number of Topliss-reactive ketones (excluding diaryl/α,β-unsaturated/α-hetero) is 1. The molecule has 3 amide bonds. The molecule has 0 bridgehead atoms. The molecule has 1 saturated heterocycles. The number of hydrogen-bond acceptors (Lipinski definition) is 5. The van der Waals surface area contributed by atoms with E-state index in [0.29, 0.717) is 22.6 Å². The molecule has 32 heavy (non-hydrogen) atoms. The Balaban J connectivity index is 1.62. The molecule has 1 aromatic heterocycles. The van der Waals surface area contributed by atoms with E-state index in [1.165, 1.54) is 14.2 Å². The van der Waals surface area contributed by atoms with Gasteiger partial charge in [-0.2, -0.15) is 0 Å². The maximum Gasteiger partial charge on any atom is 0.325 e. The Morgan fingerprint density at radius 2 is 1.84 bits per heavy atom. The molecular formula is C24H25N3O5. The molecule has 0 spiro atoms. The van der Waals surface area contributed by atoms with Crippen LogP contribution in [-0.4, -0.2) is 48.4 Å². The summed E-state index contributed by atoms with van der Waals surface area (Å²) < 4.78 is 10.6. The van der Waals surface area contributed by atoms with Crippen molar-refractivity contribution in [2.45, 2.75) is 25.8 Å². The van der Waals surface area contributed by atoms with Gasteiger partial charge < -0.3 is 19.8 Å². The van der Waals surface area contributed by atoms with Crippen LogP contribution < -0.4 is 14.8 Å². The number of carbonyl (C=O) groups excluding carboxylic acids is 3. The number of aromatic amines is 1. The molecule has 1 atom stereocenters. The lowest BCUT2D eigenvalue weighted by Crippen LogP contribution is -2.41. The van der Waals surface area contributed by atoms with Crippen LogP contribution in [0.3, 0.4) is 0 Å². The molecule has 2 N–H and O–H groups in total. The number of aromatic nitrogens is 1. The molecule has 8 nitrogen and oxygen atoms in total. The number of ketones is 1. The van der Waals surface area contributed by atoms with Gasteiger partial charge in [0, 0.05) is 22.7 Å². The maximum atomic E-state index is 13.3. The maximum absolute atomic E-state index is 13.3. The first-order chi connectivity index (χ1) is 15.3. The monoisotopic (exact) mass is 435 g/mol. The van der Waals surface area contributed by atoms with E-state index >= 15 is 0 Å². The molecule has 1 fully saturated rings. The van der Waals surface area contributed by atoms with E-state index in [4.69, 9.17) is 9.47 Å². The van der Waals surface area contributed by atoms with Gasteiger partial charge in [-0.3, -0.25) is 14.5 Å². The number of nitrogens with zero attached hydrogens (tertiary/aromatic N) is 1. The summed E-state index contributed by atoms with van der Waals surface area (Å²) in [6, 6.07) is 10.1. The minimum absolute atomic E-state index is 0.315. The number of amides is 3. The summed E-state index contributed by atoms with van der Waals surface area (Å²) in [5.74, 6) is 0.129. The number of nitrogens with one attached hydrogen (secondary N) is 2. The number of aryl methyl sites for hydroxylation is 1. The topological polar surface area (TPSA) is 101 Å². The van der Waals surface area contributed by atoms with Crippen LogP contribution in [0.1, 0.15) is 35.3 Å². The lowest BCUT2D eigenvalue weighted by Gasteiger charge is -2.23. The third-order valence-electron chi connectivity index (χ3n) is 6.02. The number of fused-ring (bicyclic) bond motifs is 1. The molecule has 0 saturated carbocycles. The van der Waals surface area contributed by atoms with Gasteiger partial charge in [0.25, 0.3) is 5.91 Å². The van der Waals surface area contributed by atoms with Gasteiger partial charge in [0.1, 0.15) is 5.54 Å². The van der Waals surface area contributed by atoms with E-state index in [1.54, 1.807) is 31.3 Å². The fourth-order valence-electron chi connectivity index (χ4n) is 4.15. The van der Waals surface area contributed by atoms with Crippen LogP contribution in [0.2, 0.25) is 0 Å². The minimum Gasteiger partial charge on any atom is -0.493 e. The number of methoxy groups -OCH3 is 2. The predicted octanol–water partition coefficient (Wildman–Crippen LogP) is 3.40. The molecule has 2 heterocycles. The Morgan fingerprint density at radius 3 is 2.53 bits per heavy atom. The molecular weight excluding hydrogens is 410 g/mol. The fraction of sp³-hybridized carbons (Fsp3) is 0.292. The average molecular weight is 435 g/mol. The Morgan fingerprint density at radius 1 is 1.09 bits per heavy atom. The summed E-state index contributed by atoms with van der Waals surface area (Å²) >= 11 is 0. The van der Waals surface area contributed by atoms with Crippen molar-refractivity contribution in [3.8, 4) is 11.5 Å². The van der Waals surface area contributed by atoms with Gasteiger partial charge in [0.15, 0.2) is 17.3 Å². The summed E-state index contributed by atoms with van der Waals surface area (Å²) in [6.45, 7) is 3.30. The van der Waals surface area contributed by atoms with Gasteiger partial charge in [0.2, 0.25) is 0 Å². The number of urea groups is 1. The number of benzene rings is 2. The molecule has 4 rings (SSSR count). The van der Waals surface area contributed by atoms with Gasteiger partial charge >= 0.3 is 6.03 Å². The Bertz CT molecular complexity index is 1230. The molecule has 166 valence electrons. The normalized spacial score (nSPS) is 18.2. The third kappa shape index (κ3) is 3.28.